The van der Waals surface area contributed by atoms with Crippen molar-refractivity contribution < 1.29 is 5.11 Å². The third kappa shape index (κ3) is 4.01. The van der Waals surface area contributed by atoms with Gasteiger partial charge in [-0.1, -0.05) is 52.3 Å². The van der Waals surface area contributed by atoms with Crippen LogP contribution in [0.25, 0.3) is 0 Å². The maximum atomic E-state index is 10.8. The summed E-state index contributed by atoms with van der Waals surface area (Å²) in [5, 5.41) is 12.2. The number of phenolic OH excluding ortho intramolecular Hbond substituents is 1. The van der Waals surface area contributed by atoms with Gasteiger partial charge in [0.25, 0.3) is 0 Å². The highest BCUT2D eigenvalue weighted by atomic mass is 31.1. The van der Waals surface area contributed by atoms with E-state index >= 15 is 0 Å². The first-order chi connectivity index (χ1) is 11.7. The van der Waals surface area contributed by atoms with Gasteiger partial charge in [-0.25, -0.2) is 0 Å². The van der Waals surface area contributed by atoms with Crippen molar-refractivity contribution in [3.8, 4) is 5.75 Å². The summed E-state index contributed by atoms with van der Waals surface area (Å²) >= 11 is 0. The normalized spacial score (nSPS) is 12.1. The molecule has 0 aliphatic heterocycles. The molecular formula is C22H32NOP. The van der Waals surface area contributed by atoms with Gasteiger partial charge in [0.05, 0.1) is 0 Å². The van der Waals surface area contributed by atoms with Crippen LogP contribution >= 0.6 is 8.58 Å². The molecule has 2 aromatic carbocycles. The minimum atomic E-state index is -0.0269. The SMILES string of the molecule is CCC(CC)(Pc1ccc(C)cc1N(C)C)c1cc(C)cc(C)c1O. The Morgan fingerprint density at radius 2 is 1.60 bits per heavy atom. The number of aryl methyl sites for hydroxylation is 3. The van der Waals surface area contributed by atoms with Crippen molar-refractivity contribution in [3.63, 3.8) is 0 Å². The summed E-state index contributed by atoms with van der Waals surface area (Å²) in [4.78, 5) is 2.20. The summed E-state index contributed by atoms with van der Waals surface area (Å²) in [5.41, 5.74) is 5.87. The van der Waals surface area contributed by atoms with Crippen LogP contribution in [0.3, 0.4) is 0 Å². The Labute approximate surface area is 155 Å². The molecule has 0 heterocycles. The molecule has 0 saturated carbocycles. The average Bonchev–Trinajstić information content (AvgIpc) is 2.57. The van der Waals surface area contributed by atoms with Crippen LogP contribution in [0.1, 0.15) is 48.9 Å². The molecule has 0 saturated heterocycles. The van der Waals surface area contributed by atoms with Crippen LogP contribution in [0.5, 0.6) is 5.75 Å². The summed E-state index contributed by atoms with van der Waals surface area (Å²) in [5.74, 6) is 0.473. The number of rotatable bonds is 6. The van der Waals surface area contributed by atoms with Gasteiger partial charge in [-0.05, 0) is 56.1 Å². The number of nitrogens with zero attached hydrogens (tertiary/aromatic N) is 1. The molecule has 0 aromatic heterocycles. The van der Waals surface area contributed by atoms with Crippen molar-refractivity contribution in [2.24, 2.45) is 0 Å². The van der Waals surface area contributed by atoms with Crippen molar-refractivity contribution in [1.82, 2.24) is 0 Å². The highest BCUT2D eigenvalue weighted by Gasteiger charge is 2.33. The Kier molecular flexibility index (Phi) is 6.16. The van der Waals surface area contributed by atoms with Gasteiger partial charge in [-0.15, -0.1) is 0 Å². The van der Waals surface area contributed by atoms with Crippen molar-refractivity contribution in [1.29, 1.82) is 0 Å². The lowest BCUT2D eigenvalue weighted by molar-refractivity contribution is 0.444. The number of hydrogen-bond donors (Lipinski definition) is 1. The minimum absolute atomic E-state index is 0.0269. The van der Waals surface area contributed by atoms with E-state index in [0.29, 0.717) is 14.3 Å². The zero-order chi connectivity index (χ0) is 18.8. The van der Waals surface area contributed by atoms with Crippen molar-refractivity contribution in [3.05, 3.63) is 52.6 Å². The summed E-state index contributed by atoms with van der Waals surface area (Å²) in [6, 6.07) is 11.0. The zero-order valence-corrected chi connectivity index (χ0v) is 17.7. The lowest BCUT2D eigenvalue weighted by Gasteiger charge is -2.35. The minimum Gasteiger partial charge on any atom is -0.507 e. The van der Waals surface area contributed by atoms with E-state index in [1.54, 1.807) is 0 Å². The third-order valence-corrected chi connectivity index (χ3v) is 7.32. The van der Waals surface area contributed by atoms with E-state index < -0.39 is 0 Å². The van der Waals surface area contributed by atoms with Gasteiger partial charge >= 0.3 is 0 Å². The van der Waals surface area contributed by atoms with Gasteiger partial charge in [0, 0.05) is 30.5 Å². The van der Waals surface area contributed by atoms with Crippen LogP contribution in [-0.2, 0) is 5.16 Å². The molecule has 2 nitrogen and oxygen atoms in total. The van der Waals surface area contributed by atoms with E-state index in [2.05, 4.69) is 77.0 Å². The van der Waals surface area contributed by atoms with Crippen LogP contribution in [0.2, 0.25) is 0 Å². The quantitative estimate of drug-likeness (QED) is 0.700. The van der Waals surface area contributed by atoms with Gasteiger partial charge in [0.1, 0.15) is 5.75 Å². The summed E-state index contributed by atoms with van der Waals surface area (Å²) in [7, 11) is 4.83. The fraction of sp³-hybridized carbons (Fsp3) is 0.455. The second kappa shape index (κ2) is 7.79. The Morgan fingerprint density at radius 1 is 0.960 bits per heavy atom. The maximum absolute atomic E-state index is 10.8. The Morgan fingerprint density at radius 3 is 2.16 bits per heavy atom. The first kappa shape index (κ1) is 19.8. The van der Waals surface area contributed by atoms with Gasteiger partial charge in [-0.2, -0.15) is 0 Å². The van der Waals surface area contributed by atoms with Crippen LogP contribution in [0.15, 0.2) is 30.3 Å². The molecule has 0 aliphatic carbocycles. The van der Waals surface area contributed by atoms with Gasteiger partial charge in [0.2, 0.25) is 0 Å². The number of phenols is 1. The topological polar surface area (TPSA) is 23.5 Å². The Bertz CT molecular complexity index is 748. The number of anilines is 1. The number of benzene rings is 2. The van der Waals surface area contributed by atoms with E-state index in [-0.39, 0.29) is 5.16 Å². The molecule has 2 rings (SSSR count). The molecule has 0 amide bonds. The monoisotopic (exact) mass is 357 g/mol. The molecule has 0 spiro atoms. The van der Waals surface area contributed by atoms with E-state index in [4.69, 9.17) is 0 Å². The molecular weight excluding hydrogens is 325 g/mol. The lowest BCUT2D eigenvalue weighted by atomic mass is 9.89. The van der Waals surface area contributed by atoms with E-state index in [9.17, 15) is 5.11 Å². The van der Waals surface area contributed by atoms with E-state index in [1.165, 1.54) is 22.1 Å². The van der Waals surface area contributed by atoms with Crippen LogP contribution < -0.4 is 10.2 Å². The van der Waals surface area contributed by atoms with Crippen LogP contribution in [0, 0.1) is 20.8 Å². The van der Waals surface area contributed by atoms with Crippen LogP contribution in [-0.4, -0.2) is 19.2 Å². The Balaban J connectivity index is 2.60. The van der Waals surface area contributed by atoms with E-state index in [1.807, 2.05) is 6.92 Å². The fourth-order valence-corrected chi connectivity index (χ4v) is 5.36. The van der Waals surface area contributed by atoms with Gasteiger partial charge < -0.3 is 10.0 Å². The van der Waals surface area contributed by atoms with Crippen molar-refractivity contribution in [2.45, 2.75) is 52.6 Å². The highest BCUT2D eigenvalue weighted by Crippen LogP contribution is 2.51. The predicted octanol–water partition coefficient (Wildman–Crippen LogP) is 5.40. The van der Waals surface area contributed by atoms with Crippen molar-refractivity contribution in [2.75, 3.05) is 19.0 Å². The predicted molar refractivity (Wildman–Crippen MR) is 113 cm³/mol. The first-order valence-electron chi connectivity index (χ1n) is 9.11. The second-order valence-electron chi connectivity index (χ2n) is 7.31. The number of hydrogen-bond acceptors (Lipinski definition) is 2. The van der Waals surface area contributed by atoms with Crippen LogP contribution in [0.4, 0.5) is 5.69 Å². The standard InChI is InChI=1S/C22H32NOP/c1-8-22(9-2,18-13-16(4)12-17(5)21(18)24)25-20-11-10-15(3)14-19(20)23(6)7/h10-14,24-25H,8-9H2,1-7H3. The lowest BCUT2D eigenvalue weighted by Crippen LogP contribution is -2.25. The third-order valence-electron chi connectivity index (χ3n) is 5.18. The highest BCUT2D eigenvalue weighted by molar-refractivity contribution is 7.49. The maximum Gasteiger partial charge on any atom is 0.122 e. The fourth-order valence-electron chi connectivity index (χ4n) is 3.57. The van der Waals surface area contributed by atoms with Crippen molar-refractivity contribution >= 4 is 19.6 Å². The molecule has 3 heteroatoms. The molecule has 1 N–H and O–H groups in total. The van der Waals surface area contributed by atoms with Gasteiger partial charge in [-0.3, -0.25) is 0 Å². The second-order valence-corrected chi connectivity index (χ2v) is 9.05. The summed E-state index contributed by atoms with van der Waals surface area (Å²) < 4.78 is 0. The molecule has 136 valence electrons. The molecule has 0 radical (unpaired) electrons. The molecule has 0 aliphatic rings. The molecule has 0 bridgehead atoms. The largest absolute Gasteiger partial charge is 0.507 e. The van der Waals surface area contributed by atoms with E-state index in [0.717, 1.165) is 24.0 Å². The molecule has 1 atom stereocenters. The smallest absolute Gasteiger partial charge is 0.122 e. The van der Waals surface area contributed by atoms with Gasteiger partial charge in [0.15, 0.2) is 0 Å². The molecule has 0 fully saturated rings. The zero-order valence-electron chi connectivity index (χ0n) is 16.7. The first-order valence-corrected chi connectivity index (χ1v) is 10.1. The molecule has 2 aromatic rings. The number of aromatic hydroxyl groups is 1. The summed E-state index contributed by atoms with van der Waals surface area (Å²) in [6.07, 6.45) is 2.03. The molecule has 1 unspecified atom stereocenters. The summed E-state index contributed by atoms with van der Waals surface area (Å²) in [6.45, 7) is 10.8. The average molecular weight is 357 g/mol. The Hall–Kier alpha value is -1.53. The molecule has 25 heavy (non-hydrogen) atoms.